The van der Waals surface area contributed by atoms with Crippen LogP contribution in [-0.2, 0) is 4.74 Å². The minimum absolute atomic E-state index is 0.284. The second kappa shape index (κ2) is 7.46. The minimum Gasteiger partial charge on any atom is -0.443 e. The van der Waals surface area contributed by atoms with Crippen LogP contribution in [0.15, 0.2) is 47.4 Å². The lowest BCUT2D eigenvalue weighted by molar-refractivity contribution is 0.0543. The molecule has 0 fully saturated rings. The van der Waals surface area contributed by atoms with Crippen molar-refractivity contribution >= 4 is 22.9 Å². The maximum absolute atomic E-state index is 13.3. The molecule has 0 radical (unpaired) electrons. The highest BCUT2D eigenvalue weighted by Crippen LogP contribution is 2.32. The predicted molar refractivity (Wildman–Crippen MR) is 114 cm³/mol. The van der Waals surface area contributed by atoms with E-state index in [2.05, 4.69) is 15.1 Å². The minimum atomic E-state index is -0.681. The van der Waals surface area contributed by atoms with Gasteiger partial charge in [-0.05, 0) is 64.4 Å². The van der Waals surface area contributed by atoms with Gasteiger partial charge in [0.15, 0.2) is 0 Å². The van der Waals surface area contributed by atoms with Crippen LogP contribution in [0.2, 0.25) is 0 Å². The number of rotatable bonds is 3. The van der Waals surface area contributed by atoms with Gasteiger partial charge in [-0.2, -0.15) is 0 Å². The van der Waals surface area contributed by atoms with E-state index in [0.717, 1.165) is 5.56 Å². The molecular weight excluding hydrogens is 396 g/mol. The molecular formula is C23H22N4O4. The molecule has 3 heterocycles. The molecule has 8 nitrogen and oxygen atoms in total. The Balaban J connectivity index is 1.96. The van der Waals surface area contributed by atoms with Crippen molar-refractivity contribution in [3.63, 3.8) is 0 Å². The summed E-state index contributed by atoms with van der Waals surface area (Å²) in [5.41, 5.74) is 2.89. The monoisotopic (exact) mass is 418 g/mol. The topological polar surface area (TPSA) is 100 Å². The Labute approximate surface area is 178 Å². The third kappa shape index (κ3) is 3.84. The van der Waals surface area contributed by atoms with Crippen LogP contribution in [0.3, 0.4) is 0 Å². The molecule has 0 aliphatic rings. The Kier molecular flexibility index (Phi) is 4.93. The molecule has 158 valence electrons. The van der Waals surface area contributed by atoms with E-state index in [0.29, 0.717) is 33.6 Å². The molecule has 0 aliphatic carbocycles. The molecule has 4 rings (SSSR count). The van der Waals surface area contributed by atoms with Crippen LogP contribution in [0.25, 0.3) is 22.2 Å². The van der Waals surface area contributed by atoms with Crippen LogP contribution < -0.4 is 0 Å². The summed E-state index contributed by atoms with van der Waals surface area (Å²) in [6.45, 7) is 8.98. The molecule has 0 bridgehead atoms. The standard InChI is InChI=1S/C23H22N4O4/c1-13-19(14(2)31-26-13)15-10-16(21(28)17-8-6-7-9-24-17)20-18(11-15)27(12-25-20)22(29)30-23(3,4)5/h6-12H,1-5H3. The van der Waals surface area contributed by atoms with Crippen molar-refractivity contribution in [2.75, 3.05) is 0 Å². The average Bonchev–Trinajstić information content (AvgIpc) is 3.29. The molecule has 31 heavy (non-hydrogen) atoms. The van der Waals surface area contributed by atoms with Gasteiger partial charge in [-0.15, -0.1) is 0 Å². The van der Waals surface area contributed by atoms with Gasteiger partial charge in [-0.25, -0.2) is 14.3 Å². The lowest BCUT2D eigenvalue weighted by Gasteiger charge is -2.19. The maximum atomic E-state index is 13.3. The predicted octanol–water partition coefficient (Wildman–Crippen LogP) is 4.72. The third-order valence-electron chi connectivity index (χ3n) is 4.71. The molecule has 0 atom stereocenters. The summed E-state index contributed by atoms with van der Waals surface area (Å²) in [7, 11) is 0. The molecule has 4 aromatic rings. The summed E-state index contributed by atoms with van der Waals surface area (Å²) >= 11 is 0. The number of nitrogens with zero attached hydrogens (tertiary/aromatic N) is 4. The Morgan fingerprint density at radius 1 is 1.10 bits per heavy atom. The SMILES string of the molecule is Cc1noc(C)c1-c1cc(C(=O)c2ccccn2)c2ncn(C(=O)OC(C)(C)C)c2c1. The van der Waals surface area contributed by atoms with Crippen molar-refractivity contribution < 1.29 is 18.8 Å². The van der Waals surface area contributed by atoms with Gasteiger partial charge in [0.25, 0.3) is 0 Å². The van der Waals surface area contributed by atoms with Crippen molar-refractivity contribution in [2.24, 2.45) is 0 Å². The zero-order valence-electron chi connectivity index (χ0n) is 18.0. The molecule has 0 N–H and O–H groups in total. The van der Waals surface area contributed by atoms with E-state index in [1.54, 1.807) is 64.2 Å². The van der Waals surface area contributed by atoms with Crippen LogP contribution in [0.1, 0.15) is 48.3 Å². The number of aryl methyl sites for hydroxylation is 2. The normalized spacial score (nSPS) is 11.6. The smallest absolute Gasteiger partial charge is 0.420 e. The van der Waals surface area contributed by atoms with Crippen molar-refractivity contribution in [3.05, 3.63) is 65.6 Å². The first-order valence-corrected chi connectivity index (χ1v) is 9.79. The zero-order valence-corrected chi connectivity index (χ0v) is 18.0. The van der Waals surface area contributed by atoms with Gasteiger partial charge in [0, 0.05) is 11.8 Å². The molecule has 3 aromatic heterocycles. The highest BCUT2D eigenvalue weighted by molar-refractivity contribution is 6.15. The van der Waals surface area contributed by atoms with E-state index >= 15 is 0 Å². The van der Waals surface area contributed by atoms with Crippen molar-refractivity contribution in [1.82, 2.24) is 19.7 Å². The molecule has 0 spiro atoms. The lowest BCUT2D eigenvalue weighted by Crippen LogP contribution is -2.26. The Bertz CT molecular complexity index is 1280. The molecule has 0 unspecified atom stereocenters. The van der Waals surface area contributed by atoms with Crippen LogP contribution >= 0.6 is 0 Å². The molecule has 0 saturated carbocycles. The molecule has 0 amide bonds. The second-order valence-corrected chi connectivity index (χ2v) is 8.23. The van der Waals surface area contributed by atoms with Crippen LogP contribution in [-0.4, -0.2) is 37.2 Å². The van der Waals surface area contributed by atoms with Crippen LogP contribution in [0, 0.1) is 13.8 Å². The number of hydrogen-bond donors (Lipinski definition) is 0. The number of aromatic nitrogens is 4. The highest BCUT2D eigenvalue weighted by Gasteiger charge is 2.25. The van der Waals surface area contributed by atoms with Gasteiger partial charge in [-0.3, -0.25) is 9.78 Å². The van der Waals surface area contributed by atoms with Gasteiger partial charge in [0.2, 0.25) is 5.78 Å². The highest BCUT2D eigenvalue weighted by atomic mass is 16.6. The second-order valence-electron chi connectivity index (χ2n) is 8.23. The quantitative estimate of drug-likeness (QED) is 0.444. The summed E-state index contributed by atoms with van der Waals surface area (Å²) in [6.07, 6.45) is 2.34. The molecule has 0 aliphatic heterocycles. The summed E-state index contributed by atoms with van der Waals surface area (Å²) in [6, 6.07) is 8.65. The molecule has 8 heteroatoms. The van der Waals surface area contributed by atoms with Crippen molar-refractivity contribution in [2.45, 2.75) is 40.2 Å². The van der Waals surface area contributed by atoms with Gasteiger partial charge < -0.3 is 9.26 Å². The zero-order chi connectivity index (χ0) is 22.3. The number of pyridine rings is 1. The summed E-state index contributed by atoms with van der Waals surface area (Å²) in [4.78, 5) is 34.6. The van der Waals surface area contributed by atoms with Gasteiger partial charge in [0.05, 0.1) is 16.8 Å². The Hall–Kier alpha value is -3.81. The number of imidazole rings is 1. The number of hydrogen-bond acceptors (Lipinski definition) is 7. The number of benzene rings is 1. The largest absolute Gasteiger partial charge is 0.443 e. The molecule has 0 saturated heterocycles. The number of ether oxygens (including phenoxy) is 1. The van der Waals surface area contributed by atoms with E-state index in [4.69, 9.17) is 9.26 Å². The van der Waals surface area contributed by atoms with Crippen LogP contribution in [0.4, 0.5) is 4.79 Å². The number of ketones is 1. The van der Waals surface area contributed by atoms with E-state index in [1.807, 2.05) is 6.92 Å². The average molecular weight is 418 g/mol. The fraction of sp³-hybridized carbons (Fsp3) is 0.261. The first kappa shape index (κ1) is 20.5. The summed E-state index contributed by atoms with van der Waals surface area (Å²) < 4.78 is 12.1. The fourth-order valence-electron chi connectivity index (χ4n) is 3.42. The van der Waals surface area contributed by atoms with Crippen LogP contribution in [0.5, 0.6) is 0 Å². The fourth-order valence-corrected chi connectivity index (χ4v) is 3.42. The number of carbonyl (C=O) groups is 2. The Morgan fingerprint density at radius 2 is 1.87 bits per heavy atom. The number of carbonyl (C=O) groups excluding carboxylic acids is 2. The third-order valence-corrected chi connectivity index (χ3v) is 4.71. The van der Waals surface area contributed by atoms with Gasteiger partial charge in [0.1, 0.15) is 28.9 Å². The summed E-state index contributed by atoms with van der Waals surface area (Å²) in [5, 5.41) is 4.01. The van der Waals surface area contributed by atoms with E-state index in [9.17, 15) is 9.59 Å². The first-order valence-electron chi connectivity index (χ1n) is 9.79. The van der Waals surface area contributed by atoms with Gasteiger partial charge in [-0.1, -0.05) is 11.2 Å². The van der Waals surface area contributed by atoms with E-state index in [-0.39, 0.29) is 11.5 Å². The Morgan fingerprint density at radius 3 is 2.48 bits per heavy atom. The van der Waals surface area contributed by atoms with Crippen molar-refractivity contribution in [1.29, 1.82) is 0 Å². The summed E-state index contributed by atoms with van der Waals surface area (Å²) in [5.74, 6) is 0.310. The molecule has 1 aromatic carbocycles. The maximum Gasteiger partial charge on any atom is 0.420 e. The van der Waals surface area contributed by atoms with E-state index < -0.39 is 11.7 Å². The number of fused-ring (bicyclic) bond motifs is 1. The van der Waals surface area contributed by atoms with Crippen molar-refractivity contribution in [3.8, 4) is 11.1 Å². The van der Waals surface area contributed by atoms with E-state index in [1.165, 1.54) is 10.9 Å². The first-order chi connectivity index (χ1) is 14.7. The lowest BCUT2D eigenvalue weighted by atomic mass is 9.97. The van der Waals surface area contributed by atoms with Gasteiger partial charge >= 0.3 is 6.09 Å².